The van der Waals surface area contributed by atoms with Crippen LogP contribution in [0.4, 0.5) is 0 Å². The van der Waals surface area contributed by atoms with E-state index in [0.717, 1.165) is 50.5 Å². The number of aliphatic imine (C=N–C) groups is 1. The second-order valence-corrected chi connectivity index (χ2v) is 8.98. The van der Waals surface area contributed by atoms with E-state index < -0.39 is 10.8 Å². The molecule has 1 rings (SSSR count). The third-order valence-corrected chi connectivity index (χ3v) is 5.66. The third-order valence-electron chi connectivity index (χ3n) is 3.92. The van der Waals surface area contributed by atoms with E-state index in [0.29, 0.717) is 11.3 Å². The Morgan fingerprint density at radius 1 is 1.26 bits per heavy atom. The molecule has 23 heavy (non-hydrogen) atoms. The monoisotopic (exact) mass is 458 g/mol. The fourth-order valence-electron chi connectivity index (χ4n) is 2.76. The minimum absolute atomic E-state index is 0. The van der Waals surface area contributed by atoms with E-state index in [2.05, 4.69) is 41.7 Å². The molecule has 3 N–H and O–H groups in total. The summed E-state index contributed by atoms with van der Waals surface area (Å²) in [5.41, 5.74) is 0.138. The van der Waals surface area contributed by atoms with Gasteiger partial charge in [0.15, 0.2) is 5.96 Å². The maximum absolute atomic E-state index is 12.0. The van der Waals surface area contributed by atoms with E-state index in [4.69, 9.17) is 0 Å². The molecule has 0 amide bonds. The van der Waals surface area contributed by atoms with Gasteiger partial charge in [0.25, 0.3) is 0 Å². The van der Waals surface area contributed by atoms with Gasteiger partial charge in [0.05, 0.1) is 0 Å². The Bertz CT molecular complexity index is 385. The summed E-state index contributed by atoms with van der Waals surface area (Å²) in [7, 11) is 1.12. The van der Waals surface area contributed by atoms with Crippen LogP contribution in [-0.4, -0.2) is 52.9 Å². The van der Waals surface area contributed by atoms with Crippen molar-refractivity contribution in [3.05, 3.63) is 0 Å². The molecule has 1 saturated carbocycles. The van der Waals surface area contributed by atoms with Crippen molar-refractivity contribution in [2.45, 2.75) is 70.2 Å². The molecule has 0 aromatic carbocycles. The molecule has 1 aliphatic rings. The van der Waals surface area contributed by atoms with Crippen LogP contribution in [0, 0.1) is 0 Å². The largest absolute Gasteiger partial charge is 0.355 e. The molecular weight excluding hydrogens is 423 g/mol. The lowest BCUT2D eigenvalue weighted by molar-refractivity contribution is 0.410. The molecule has 5 nitrogen and oxygen atoms in total. The predicted molar refractivity (Wildman–Crippen MR) is 112 cm³/mol. The van der Waals surface area contributed by atoms with Gasteiger partial charge in [0.2, 0.25) is 0 Å². The van der Waals surface area contributed by atoms with Gasteiger partial charge in [-0.3, -0.25) is 9.20 Å². The Morgan fingerprint density at radius 2 is 1.96 bits per heavy atom. The molecule has 3 unspecified atom stereocenters. The molecule has 0 spiro atoms. The van der Waals surface area contributed by atoms with Crippen LogP contribution in [0.15, 0.2) is 4.99 Å². The van der Waals surface area contributed by atoms with E-state index in [9.17, 15) is 4.21 Å². The van der Waals surface area contributed by atoms with Crippen molar-refractivity contribution >= 4 is 40.7 Å². The highest BCUT2D eigenvalue weighted by Crippen LogP contribution is 2.22. The van der Waals surface area contributed by atoms with Gasteiger partial charge in [-0.1, -0.05) is 13.3 Å². The van der Waals surface area contributed by atoms with E-state index in [-0.39, 0.29) is 29.5 Å². The highest BCUT2D eigenvalue weighted by Gasteiger charge is 2.25. The summed E-state index contributed by atoms with van der Waals surface area (Å²) in [4.78, 5) is 4.30. The van der Waals surface area contributed by atoms with Crippen molar-refractivity contribution in [2.24, 2.45) is 4.99 Å². The zero-order valence-corrected chi connectivity index (χ0v) is 18.4. The number of hydrogen-bond donors (Lipinski definition) is 3. The minimum atomic E-state index is -0.678. The van der Waals surface area contributed by atoms with E-state index in [1.54, 1.807) is 7.05 Å². The smallest absolute Gasteiger partial charge is 0.191 e. The van der Waals surface area contributed by atoms with E-state index in [1.165, 1.54) is 0 Å². The molecule has 0 aromatic rings. The molecule has 1 fully saturated rings. The second kappa shape index (κ2) is 11.6. The highest BCUT2D eigenvalue weighted by atomic mass is 127. The van der Waals surface area contributed by atoms with E-state index >= 15 is 0 Å². The average molecular weight is 458 g/mol. The fourth-order valence-corrected chi connectivity index (χ4v) is 4.10. The Hall–Kier alpha value is 0.110. The van der Waals surface area contributed by atoms with Crippen LogP contribution in [-0.2, 0) is 10.8 Å². The van der Waals surface area contributed by atoms with Crippen molar-refractivity contribution in [3.8, 4) is 0 Å². The Kier molecular flexibility index (Phi) is 11.7. The average Bonchev–Trinajstić information content (AvgIpc) is 2.48. The van der Waals surface area contributed by atoms with Gasteiger partial charge in [-0.15, -0.1) is 24.0 Å². The van der Waals surface area contributed by atoms with Gasteiger partial charge in [0, 0.05) is 53.5 Å². The topological polar surface area (TPSA) is 65.5 Å². The van der Waals surface area contributed by atoms with Gasteiger partial charge in [-0.2, -0.15) is 0 Å². The normalized spacial score (nSPS) is 23.8. The summed E-state index contributed by atoms with van der Waals surface area (Å²) < 4.78 is 12.0. The summed E-state index contributed by atoms with van der Waals surface area (Å²) in [6, 6.07) is 0.385. The Labute approximate surface area is 161 Å². The van der Waals surface area contributed by atoms with Crippen LogP contribution in [0.25, 0.3) is 0 Å². The molecular formula is C16H35IN4OS. The summed E-state index contributed by atoms with van der Waals surface area (Å²) in [5.74, 6) is 1.62. The van der Waals surface area contributed by atoms with E-state index in [1.807, 2.05) is 6.92 Å². The molecule has 7 heteroatoms. The van der Waals surface area contributed by atoms with Gasteiger partial charge in [-0.05, 0) is 40.0 Å². The third kappa shape index (κ3) is 9.86. The van der Waals surface area contributed by atoms with Gasteiger partial charge >= 0.3 is 0 Å². The molecule has 0 bridgehead atoms. The van der Waals surface area contributed by atoms with Gasteiger partial charge < -0.3 is 16.0 Å². The van der Waals surface area contributed by atoms with Gasteiger partial charge in [0.1, 0.15) is 0 Å². The lowest BCUT2D eigenvalue weighted by atomic mass is 9.95. The maximum Gasteiger partial charge on any atom is 0.191 e. The second-order valence-electron chi connectivity index (χ2n) is 6.98. The van der Waals surface area contributed by atoms with Crippen LogP contribution in [0.3, 0.4) is 0 Å². The number of rotatable bonds is 6. The number of hydrogen-bond acceptors (Lipinski definition) is 3. The standard InChI is InChI=1S/C16H34N4OS.HI/c1-6-22(21)14-9-7-8-13(12-14)20-15(17-5)18-10-11-19-16(2,3)4;/h13-14,19H,6-12H2,1-5H3,(H2,17,18,20);1H. The molecule has 0 aromatic heterocycles. The summed E-state index contributed by atoms with van der Waals surface area (Å²) >= 11 is 0. The lowest BCUT2D eigenvalue weighted by Crippen LogP contribution is -2.49. The quantitative estimate of drug-likeness (QED) is 0.247. The van der Waals surface area contributed by atoms with Crippen LogP contribution >= 0.6 is 24.0 Å². The maximum atomic E-state index is 12.0. The number of nitrogens with one attached hydrogen (secondary N) is 3. The van der Waals surface area contributed by atoms with Crippen molar-refractivity contribution in [1.82, 2.24) is 16.0 Å². The lowest BCUT2D eigenvalue weighted by Gasteiger charge is -2.30. The molecule has 0 radical (unpaired) electrons. The molecule has 138 valence electrons. The predicted octanol–water partition coefficient (Wildman–Crippen LogP) is 2.24. The summed E-state index contributed by atoms with van der Waals surface area (Å²) in [5, 5.41) is 10.6. The first-order chi connectivity index (χ1) is 10.4. The summed E-state index contributed by atoms with van der Waals surface area (Å²) in [6.07, 6.45) is 4.37. The van der Waals surface area contributed by atoms with Crippen molar-refractivity contribution in [3.63, 3.8) is 0 Å². The van der Waals surface area contributed by atoms with Crippen molar-refractivity contribution < 1.29 is 4.21 Å². The molecule has 0 saturated heterocycles. The van der Waals surface area contributed by atoms with Crippen LogP contribution in [0.5, 0.6) is 0 Å². The van der Waals surface area contributed by atoms with Crippen molar-refractivity contribution in [2.75, 3.05) is 25.9 Å². The Balaban J connectivity index is 0.00000484. The zero-order valence-electron chi connectivity index (χ0n) is 15.3. The SMILES string of the molecule is CCS(=O)C1CCCC(NC(=NC)NCCNC(C)(C)C)C1.I. The molecule has 0 heterocycles. The van der Waals surface area contributed by atoms with Crippen LogP contribution in [0.2, 0.25) is 0 Å². The first-order valence-corrected chi connectivity index (χ1v) is 9.83. The van der Waals surface area contributed by atoms with Crippen molar-refractivity contribution in [1.29, 1.82) is 0 Å². The van der Waals surface area contributed by atoms with Crippen LogP contribution < -0.4 is 16.0 Å². The number of nitrogens with zero attached hydrogens (tertiary/aromatic N) is 1. The first kappa shape index (κ1) is 23.1. The zero-order chi connectivity index (χ0) is 16.6. The molecule has 0 aliphatic heterocycles. The number of halogens is 1. The summed E-state index contributed by atoms with van der Waals surface area (Å²) in [6.45, 7) is 10.2. The molecule has 1 aliphatic carbocycles. The Morgan fingerprint density at radius 3 is 2.52 bits per heavy atom. The molecule has 3 atom stereocenters. The fraction of sp³-hybridized carbons (Fsp3) is 0.938. The van der Waals surface area contributed by atoms with Gasteiger partial charge in [-0.25, -0.2) is 0 Å². The highest BCUT2D eigenvalue weighted by molar-refractivity contribution is 14.0. The minimum Gasteiger partial charge on any atom is -0.355 e. The number of guanidine groups is 1. The first-order valence-electron chi connectivity index (χ1n) is 8.45. The van der Waals surface area contributed by atoms with Crippen LogP contribution in [0.1, 0.15) is 53.4 Å².